The molecule has 2 amide bonds. The minimum atomic E-state index is -0.616. The number of fused-ring (bicyclic) bond motifs is 1. The van der Waals surface area contributed by atoms with Crippen molar-refractivity contribution in [1.82, 2.24) is 5.43 Å². The van der Waals surface area contributed by atoms with Crippen molar-refractivity contribution in [2.24, 2.45) is 5.10 Å². The number of hydrazone groups is 1. The molecule has 0 atom stereocenters. The van der Waals surface area contributed by atoms with Crippen LogP contribution in [-0.2, 0) is 11.2 Å². The highest BCUT2D eigenvalue weighted by Crippen LogP contribution is 2.33. The number of rotatable bonds is 8. The average molecular weight is 556 g/mol. The molecule has 0 aromatic heterocycles. The Balaban J connectivity index is 1.19. The van der Waals surface area contributed by atoms with Crippen LogP contribution in [-0.4, -0.2) is 30.8 Å². The van der Waals surface area contributed by atoms with Gasteiger partial charge < -0.3 is 19.5 Å². The third-order valence-corrected chi connectivity index (χ3v) is 6.03. The lowest BCUT2D eigenvalue weighted by Gasteiger charge is -2.09. The summed E-state index contributed by atoms with van der Waals surface area (Å²) in [5.74, 6) is -0.0495. The fourth-order valence-electron chi connectivity index (χ4n) is 3.81. The number of carbonyl (C=O) groups excluding carboxylic acids is 3. The highest BCUT2D eigenvalue weighted by Gasteiger charge is 2.18. The molecule has 9 nitrogen and oxygen atoms in total. The molecular formula is C30H22ClN3O6. The fraction of sp³-hybridized carbons (Fsp3) is 0.0667. The largest absolute Gasteiger partial charge is 0.454 e. The molecule has 0 fully saturated rings. The summed E-state index contributed by atoms with van der Waals surface area (Å²) in [6.45, 7) is 0.0901. The Morgan fingerprint density at radius 1 is 0.875 bits per heavy atom. The fourth-order valence-corrected chi connectivity index (χ4v) is 3.99. The summed E-state index contributed by atoms with van der Waals surface area (Å²) in [5.41, 5.74) is 4.87. The van der Waals surface area contributed by atoms with Gasteiger partial charge >= 0.3 is 5.97 Å². The van der Waals surface area contributed by atoms with Gasteiger partial charge in [-0.05, 0) is 66.2 Å². The normalized spacial score (nSPS) is 11.7. The molecule has 2 N–H and O–H groups in total. The van der Waals surface area contributed by atoms with Crippen molar-refractivity contribution in [3.8, 4) is 17.2 Å². The molecule has 1 aliphatic heterocycles. The standard InChI is InChI=1S/C30H22ClN3O6/c31-23-9-13-25(40-30(37)21-8-12-26-27(16-21)39-18-38-26)22(15-23)17-32-34-29(36)20-6-10-24(11-7-20)33-28(35)14-19-4-2-1-3-5-19/h1-13,15-17H,14,18H2,(H,33,35)(H,34,36)/b32-17+. The number of hydrogen-bond acceptors (Lipinski definition) is 7. The van der Waals surface area contributed by atoms with Crippen molar-refractivity contribution >= 4 is 41.3 Å². The van der Waals surface area contributed by atoms with Crippen LogP contribution in [0.15, 0.2) is 96.1 Å². The van der Waals surface area contributed by atoms with Crippen molar-refractivity contribution in [3.05, 3.63) is 118 Å². The maximum atomic E-state index is 12.7. The lowest BCUT2D eigenvalue weighted by Crippen LogP contribution is -2.18. The van der Waals surface area contributed by atoms with E-state index in [9.17, 15) is 14.4 Å². The van der Waals surface area contributed by atoms with Crippen molar-refractivity contribution in [2.75, 3.05) is 12.1 Å². The lowest BCUT2D eigenvalue weighted by molar-refractivity contribution is -0.115. The molecule has 4 aromatic rings. The van der Waals surface area contributed by atoms with Gasteiger partial charge in [0.25, 0.3) is 5.91 Å². The molecule has 0 bridgehead atoms. The van der Waals surface area contributed by atoms with Crippen LogP contribution in [0.2, 0.25) is 5.02 Å². The Hall–Kier alpha value is -5.15. The van der Waals surface area contributed by atoms with Crippen LogP contribution in [0.1, 0.15) is 31.8 Å². The molecule has 1 heterocycles. The van der Waals surface area contributed by atoms with Gasteiger partial charge in [0, 0.05) is 21.8 Å². The van der Waals surface area contributed by atoms with Gasteiger partial charge in [0.05, 0.1) is 18.2 Å². The zero-order valence-electron chi connectivity index (χ0n) is 20.9. The van der Waals surface area contributed by atoms with Gasteiger partial charge in [-0.1, -0.05) is 41.9 Å². The first-order valence-electron chi connectivity index (χ1n) is 12.1. The third-order valence-electron chi connectivity index (χ3n) is 5.79. The Morgan fingerprint density at radius 3 is 2.42 bits per heavy atom. The zero-order chi connectivity index (χ0) is 27.9. The van der Waals surface area contributed by atoms with E-state index in [0.29, 0.717) is 33.3 Å². The molecule has 0 saturated carbocycles. The molecule has 10 heteroatoms. The first kappa shape index (κ1) is 26.5. The zero-order valence-corrected chi connectivity index (χ0v) is 21.7. The van der Waals surface area contributed by atoms with Crippen LogP contribution in [0.25, 0.3) is 0 Å². The van der Waals surface area contributed by atoms with Gasteiger partial charge in [-0.25, -0.2) is 10.2 Å². The van der Waals surface area contributed by atoms with Crippen LogP contribution >= 0.6 is 11.6 Å². The van der Waals surface area contributed by atoms with E-state index in [1.165, 1.54) is 18.3 Å². The Morgan fingerprint density at radius 2 is 1.62 bits per heavy atom. The molecule has 5 rings (SSSR count). The molecule has 0 unspecified atom stereocenters. The second kappa shape index (κ2) is 12.1. The summed E-state index contributed by atoms with van der Waals surface area (Å²) >= 11 is 6.12. The van der Waals surface area contributed by atoms with Crippen molar-refractivity contribution in [2.45, 2.75) is 6.42 Å². The second-order valence-electron chi connectivity index (χ2n) is 8.63. The van der Waals surface area contributed by atoms with Crippen molar-refractivity contribution in [1.29, 1.82) is 0 Å². The van der Waals surface area contributed by atoms with Gasteiger partial charge in [-0.2, -0.15) is 5.10 Å². The number of amides is 2. The minimum absolute atomic E-state index is 0.0901. The quantitative estimate of drug-likeness (QED) is 0.133. The molecule has 40 heavy (non-hydrogen) atoms. The Kier molecular flexibility index (Phi) is 8.03. The number of benzene rings is 4. The van der Waals surface area contributed by atoms with Gasteiger partial charge in [-0.15, -0.1) is 0 Å². The van der Waals surface area contributed by atoms with Gasteiger partial charge in [0.1, 0.15) is 5.75 Å². The lowest BCUT2D eigenvalue weighted by atomic mass is 10.1. The maximum Gasteiger partial charge on any atom is 0.343 e. The predicted molar refractivity (Wildman–Crippen MR) is 149 cm³/mol. The van der Waals surface area contributed by atoms with Crippen LogP contribution in [0.5, 0.6) is 17.2 Å². The van der Waals surface area contributed by atoms with E-state index in [1.54, 1.807) is 48.5 Å². The summed E-state index contributed by atoms with van der Waals surface area (Å²) in [7, 11) is 0. The monoisotopic (exact) mass is 555 g/mol. The van der Waals surface area contributed by atoms with Gasteiger partial charge in [0.15, 0.2) is 11.5 Å². The summed E-state index contributed by atoms with van der Waals surface area (Å²) in [4.78, 5) is 37.5. The average Bonchev–Trinajstić information content (AvgIpc) is 3.43. The Bertz CT molecular complexity index is 1590. The summed E-state index contributed by atoms with van der Waals surface area (Å²) < 4.78 is 16.1. The van der Waals surface area contributed by atoms with E-state index in [-0.39, 0.29) is 30.4 Å². The molecule has 0 radical (unpaired) electrons. The number of hydrogen-bond donors (Lipinski definition) is 2. The molecular weight excluding hydrogens is 534 g/mol. The van der Waals surface area contributed by atoms with Crippen LogP contribution in [0.4, 0.5) is 5.69 Å². The molecule has 0 saturated heterocycles. The summed E-state index contributed by atoms with van der Waals surface area (Å²) in [6.07, 6.45) is 1.57. The first-order valence-corrected chi connectivity index (χ1v) is 12.5. The maximum absolute atomic E-state index is 12.7. The number of esters is 1. The molecule has 1 aliphatic rings. The Labute approximate surface area is 234 Å². The molecule has 200 valence electrons. The number of ether oxygens (including phenoxy) is 3. The molecule has 4 aromatic carbocycles. The highest BCUT2D eigenvalue weighted by atomic mass is 35.5. The number of halogens is 1. The number of anilines is 1. The smallest absolute Gasteiger partial charge is 0.343 e. The van der Waals surface area contributed by atoms with Crippen LogP contribution in [0.3, 0.4) is 0 Å². The number of nitrogens with one attached hydrogen (secondary N) is 2. The second-order valence-corrected chi connectivity index (χ2v) is 9.06. The first-order chi connectivity index (χ1) is 19.4. The minimum Gasteiger partial charge on any atom is -0.454 e. The van der Waals surface area contributed by atoms with Gasteiger partial charge in [0.2, 0.25) is 12.7 Å². The van der Waals surface area contributed by atoms with E-state index < -0.39 is 11.9 Å². The van der Waals surface area contributed by atoms with E-state index in [1.807, 2.05) is 30.3 Å². The van der Waals surface area contributed by atoms with E-state index >= 15 is 0 Å². The number of carbonyl (C=O) groups is 3. The third kappa shape index (κ3) is 6.64. The van der Waals surface area contributed by atoms with Crippen molar-refractivity contribution < 1.29 is 28.6 Å². The highest BCUT2D eigenvalue weighted by molar-refractivity contribution is 6.31. The SMILES string of the molecule is O=C(Cc1ccccc1)Nc1ccc(C(=O)N/N=C/c2cc(Cl)ccc2OC(=O)c2ccc3c(c2)OCO3)cc1. The van der Waals surface area contributed by atoms with E-state index in [2.05, 4.69) is 15.8 Å². The number of nitrogens with zero attached hydrogens (tertiary/aromatic N) is 1. The predicted octanol–water partition coefficient (Wildman–Crippen LogP) is 5.23. The van der Waals surface area contributed by atoms with Crippen molar-refractivity contribution in [3.63, 3.8) is 0 Å². The topological polar surface area (TPSA) is 115 Å². The van der Waals surface area contributed by atoms with Gasteiger partial charge in [-0.3, -0.25) is 9.59 Å². The molecule has 0 spiro atoms. The van der Waals surface area contributed by atoms with Crippen LogP contribution in [0, 0.1) is 0 Å². The van der Waals surface area contributed by atoms with E-state index in [0.717, 1.165) is 5.56 Å². The van der Waals surface area contributed by atoms with E-state index in [4.69, 9.17) is 25.8 Å². The van der Waals surface area contributed by atoms with Crippen LogP contribution < -0.4 is 25.0 Å². The summed E-state index contributed by atoms with van der Waals surface area (Å²) in [6, 6.07) is 25.2. The summed E-state index contributed by atoms with van der Waals surface area (Å²) in [5, 5.41) is 7.18. The molecule has 0 aliphatic carbocycles.